The zero-order valence-corrected chi connectivity index (χ0v) is 12.1. The summed E-state index contributed by atoms with van der Waals surface area (Å²) in [6, 6.07) is 5.34. The second-order valence-electron chi connectivity index (χ2n) is 4.29. The van der Waals surface area contributed by atoms with Crippen LogP contribution in [0.15, 0.2) is 43.0 Å². The molecule has 1 aromatic heterocycles. The largest absolute Gasteiger partial charge is 0.409 e. The van der Waals surface area contributed by atoms with Gasteiger partial charge in [-0.05, 0) is 36.4 Å². The van der Waals surface area contributed by atoms with Gasteiger partial charge in [-0.15, -0.1) is 0 Å². The molecule has 0 bridgehead atoms. The highest BCUT2D eigenvalue weighted by Gasteiger charge is 2.12. The molecule has 0 saturated heterocycles. The van der Waals surface area contributed by atoms with Gasteiger partial charge in [0.05, 0.1) is 0 Å². The number of aryl methyl sites for hydroxylation is 2. The number of hydrogen-bond donors (Lipinski definition) is 3. The minimum absolute atomic E-state index is 0.0491. The molecule has 4 N–H and O–H groups in total. The minimum atomic E-state index is -0.867. The van der Waals surface area contributed by atoms with Crippen molar-refractivity contribution in [1.82, 2.24) is 14.8 Å². The molecule has 0 aliphatic rings. The monoisotopic (exact) mass is 307 g/mol. The van der Waals surface area contributed by atoms with Gasteiger partial charge >= 0.3 is 11.1 Å². The van der Waals surface area contributed by atoms with Crippen molar-refractivity contribution in [2.24, 2.45) is 17.9 Å². The highest BCUT2D eigenvalue weighted by Crippen LogP contribution is 2.28. The number of hydrogen-bond acceptors (Lipinski definition) is 6. The van der Waals surface area contributed by atoms with Gasteiger partial charge in [0.2, 0.25) is 0 Å². The van der Waals surface area contributed by atoms with E-state index in [2.05, 4.69) is 15.2 Å². The standard InChI is InChI=1S/C12H13N5O3S/c1-6-3-4-7(9(13)16-20)8(5-6)21-12-14-10(18)11(19)15-17(12)2/h3-5,20H,1-2H3,(H2,13,16)(H,15,19). The highest BCUT2D eigenvalue weighted by molar-refractivity contribution is 7.99. The summed E-state index contributed by atoms with van der Waals surface area (Å²) >= 11 is 1.13. The summed E-state index contributed by atoms with van der Waals surface area (Å²) in [5, 5.41) is 14.4. The number of nitrogens with one attached hydrogen (secondary N) is 1. The topological polar surface area (TPSA) is 126 Å². The predicted octanol–water partition coefficient (Wildman–Crippen LogP) is 0.0227. The number of amidine groups is 1. The maximum absolute atomic E-state index is 11.4. The van der Waals surface area contributed by atoms with Crippen LogP contribution in [0, 0.1) is 6.92 Å². The van der Waals surface area contributed by atoms with Gasteiger partial charge in [-0.2, -0.15) is 4.98 Å². The molecule has 0 spiro atoms. The van der Waals surface area contributed by atoms with E-state index in [9.17, 15) is 9.59 Å². The first-order chi connectivity index (χ1) is 9.92. The summed E-state index contributed by atoms with van der Waals surface area (Å²) in [5.41, 5.74) is 5.44. The lowest BCUT2D eigenvalue weighted by atomic mass is 10.1. The quantitative estimate of drug-likeness (QED) is 0.241. The van der Waals surface area contributed by atoms with E-state index in [-0.39, 0.29) is 11.0 Å². The normalized spacial score (nSPS) is 11.6. The van der Waals surface area contributed by atoms with E-state index in [0.29, 0.717) is 10.5 Å². The summed E-state index contributed by atoms with van der Waals surface area (Å²) in [7, 11) is 1.56. The lowest BCUT2D eigenvalue weighted by Gasteiger charge is -2.10. The fraction of sp³-hybridized carbons (Fsp3) is 0.167. The maximum Gasteiger partial charge on any atom is 0.339 e. The number of aromatic nitrogens is 3. The van der Waals surface area contributed by atoms with Crippen molar-refractivity contribution in [3.05, 3.63) is 50.0 Å². The van der Waals surface area contributed by atoms with Gasteiger partial charge in [0.15, 0.2) is 11.0 Å². The minimum Gasteiger partial charge on any atom is -0.409 e. The van der Waals surface area contributed by atoms with Crippen LogP contribution in [0.4, 0.5) is 0 Å². The van der Waals surface area contributed by atoms with E-state index in [4.69, 9.17) is 10.9 Å². The van der Waals surface area contributed by atoms with Crippen molar-refractivity contribution in [2.45, 2.75) is 17.0 Å². The van der Waals surface area contributed by atoms with Crippen molar-refractivity contribution in [3.63, 3.8) is 0 Å². The Morgan fingerprint density at radius 2 is 2.19 bits per heavy atom. The van der Waals surface area contributed by atoms with Gasteiger partial charge in [-0.3, -0.25) is 19.4 Å². The maximum atomic E-state index is 11.4. The third-order valence-corrected chi connectivity index (χ3v) is 3.78. The van der Waals surface area contributed by atoms with Crippen LogP contribution in [0.5, 0.6) is 0 Å². The van der Waals surface area contributed by atoms with E-state index in [0.717, 1.165) is 17.3 Å². The molecule has 1 aromatic carbocycles. The van der Waals surface area contributed by atoms with Crippen molar-refractivity contribution < 1.29 is 5.21 Å². The summed E-state index contributed by atoms with van der Waals surface area (Å²) in [6.45, 7) is 1.89. The van der Waals surface area contributed by atoms with Crippen LogP contribution >= 0.6 is 11.8 Å². The molecule has 0 saturated carbocycles. The second kappa shape index (κ2) is 5.83. The zero-order chi connectivity index (χ0) is 15.6. The Bertz CT molecular complexity index is 824. The van der Waals surface area contributed by atoms with E-state index in [1.54, 1.807) is 13.1 Å². The van der Waals surface area contributed by atoms with E-state index in [1.165, 1.54) is 4.68 Å². The molecule has 2 aromatic rings. The summed E-state index contributed by atoms with van der Waals surface area (Å²) < 4.78 is 1.34. The van der Waals surface area contributed by atoms with Crippen LogP contribution in [-0.4, -0.2) is 25.8 Å². The SMILES string of the molecule is Cc1ccc(/C(N)=N/O)c(Sc2nc(=O)c(=O)[nH]n2C)c1. The summed E-state index contributed by atoms with van der Waals surface area (Å²) in [4.78, 5) is 26.9. The van der Waals surface area contributed by atoms with E-state index in [1.807, 2.05) is 19.1 Å². The molecule has 0 unspecified atom stereocenters. The lowest BCUT2D eigenvalue weighted by molar-refractivity contribution is 0.318. The molecule has 2 rings (SSSR count). The molecule has 0 aliphatic heterocycles. The molecule has 0 aliphatic carbocycles. The average molecular weight is 307 g/mol. The Morgan fingerprint density at radius 3 is 2.86 bits per heavy atom. The first-order valence-corrected chi connectivity index (χ1v) is 6.67. The molecular formula is C12H13N5O3S. The molecule has 0 fully saturated rings. The van der Waals surface area contributed by atoms with Gasteiger partial charge in [-0.1, -0.05) is 11.2 Å². The van der Waals surface area contributed by atoms with Crippen LogP contribution in [0.2, 0.25) is 0 Å². The van der Waals surface area contributed by atoms with Gasteiger partial charge in [-0.25, -0.2) is 0 Å². The first-order valence-electron chi connectivity index (χ1n) is 5.86. The number of rotatable bonds is 3. The Labute approximate surface area is 123 Å². The fourth-order valence-electron chi connectivity index (χ4n) is 1.63. The second-order valence-corrected chi connectivity index (χ2v) is 5.30. The lowest BCUT2D eigenvalue weighted by Crippen LogP contribution is -2.33. The Morgan fingerprint density at radius 1 is 1.48 bits per heavy atom. The highest BCUT2D eigenvalue weighted by atomic mass is 32.2. The van der Waals surface area contributed by atoms with Crippen molar-refractivity contribution >= 4 is 17.6 Å². The number of H-pyrrole nitrogens is 1. The molecule has 0 radical (unpaired) electrons. The zero-order valence-electron chi connectivity index (χ0n) is 11.3. The van der Waals surface area contributed by atoms with Crippen LogP contribution < -0.4 is 16.9 Å². The molecule has 0 amide bonds. The van der Waals surface area contributed by atoms with Crippen LogP contribution in [0.3, 0.4) is 0 Å². The molecule has 0 atom stereocenters. The van der Waals surface area contributed by atoms with Crippen LogP contribution in [0.25, 0.3) is 0 Å². The van der Waals surface area contributed by atoms with Crippen molar-refractivity contribution in [2.75, 3.05) is 0 Å². The molecular weight excluding hydrogens is 294 g/mol. The molecule has 1 heterocycles. The molecule has 21 heavy (non-hydrogen) atoms. The molecule has 9 heteroatoms. The summed E-state index contributed by atoms with van der Waals surface area (Å²) in [5.74, 6) is -0.0491. The Hall–Kier alpha value is -2.55. The fourth-order valence-corrected chi connectivity index (χ4v) is 2.66. The van der Waals surface area contributed by atoms with E-state index >= 15 is 0 Å². The number of nitrogens with zero attached hydrogens (tertiary/aromatic N) is 3. The smallest absolute Gasteiger partial charge is 0.339 e. The van der Waals surface area contributed by atoms with Gasteiger partial charge in [0.25, 0.3) is 0 Å². The Balaban J connectivity index is 2.54. The first kappa shape index (κ1) is 14.9. The van der Waals surface area contributed by atoms with Crippen LogP contribution in [0.1, 0.15) is 11.1 Å². The van der Waals surface area contributed by atoms with Gasteiger partial charge < -0.3 is 10.9 Å². The van der Waals surface area contributed by atoms with Gasteiger partial charge in [0.1, 0.15) is 0 Å². The number of oxime groups is 1. The van der Waals surface area contributed by atoms with E-state index < -0.39 is 11.1 Å². The van der Waals surface area contributed by atoms with Crippen molar-refractivity contribution in [1.29, 1.82) is 0 Å². The number of benzene rings is 1. The van der Waals surface area contributed by atoms with Crippen LogP contribution in [-0.2, 0) is 7.05 Å². The van der Waals surface area contributed by atoms with Crippen molar-refractivity contribution in [3.8, 4) is 0 Å². The molecule has 8 nitrogen and oxygen atoms in total. The third kappa shape index (κ3) is 3.14. The summed E-state index contributed by atoms with van der Waals surface area (Å²) in [6.07, 6.45) is 0. The Kier molecular flexibility index (Phi) is 4.13. The molecule has 110 valence electrons. The number of nitrogens with two attached hydrogens (primary N) is 1. The number of aromatic amines is 1. The average Bonchev–Trinajstić information content (AvgIpc) is 2.44. The third-order valence-electron chi connectivity index (χ3n) is 2.67. The van der Waals surface area contributed by atoms with Gasteiger partial charge in [0, 0.05) is 17.5 Å². The predicted molar refractivity (Wildman–Crippen MR) is 77.9 cm³/mol.